The van der Waals surface area contributed by atoms with E-state index in [2.05, 4.69) is 52.1 Å². The number of anilines is 3. The number of aryl methyl sites for hydroxylation is 1. The molecule has 2 aromatic heterocycles. The van der Waals surface area contributed by atoms with Crippen LogP contribution in [0, 0.1) is 0 Å². The molecule has 1 aliphatic rings. The molecule has 4 rings (SSSR count). The van der Waals surface area contributed by atoms with Crippen molar-refractivity contribution in [2.75, 3.05) is 17.2 Å². The third-order valence-electron chi connectivity index (χ3n) is 3.93. The SMILES string of the molecule is CCc1cc2c(N3CCc4ccccc43)nc(N)nc2s1. The smallest absolute Gasteiger partial charge is 0.223 e. The molecule has 0 bridgehead atoms. The molecule has 5 heteroatoms. The second kappa shape index (κ2) is 4.70. The van der Waals surface area contributed by atoms with Gasteiger partial charge in [0.15, 0.2) is 0 Å². The minimum atomic E-state index is 0.353. The van der Waals surface area contributed by atoms with E-state index in [1.807, 2.05) is 0 Å². The van der Waals surface area contributed by atoms with Gasteiger partial charge in [0.1, 0.15) is 10.6 Å². The second-order valence-corrected chi connectivity index (χ2v) is 6.34. The van der Waals surface area contributed by atoms with Crippen LogP contribution >= 0.6 is 11.3 Å². The Balaban J connectivity index is 1.93. The first kappa shape index (κ1) is 12.6. The van der Waals surface area contributed by atoms with Crippen LogP contribution < -0.4 is 10.6 Å². The molecule has 3 heterocycles. The Morgan fingerprint density at radius 1 is 1.29 bits per heavy atom. The van der Waals surface area contributed by atoms with Crippen LogP contribution in [-0.2, 0) is 12.8 Å². The number of fused-ring (bicyclic) bond motifs is 2. The standard InChI is InChI=1S/C16H16N4S/c1-2-11-9-12-14(18-16(17)19-15(12)21-11)20-8-7-10-5-3-4-6-13(10)20/h3-6,9H,2,7-8H2,1H3,(H2,17,18,19). The maximum Gasteiger partial charge on any atom is 0.223 e. The summed E-state index contributed by atoms with van der Waals surface area (Å²) in [6.45, 7) is 3.11. The molecular weight excluding hydrogens is 280 g/mol. The van der Waals surface area contributed by atoms with Crippen molar-refractivity contribution >= 4 is 39.0 Å². The highest BCUT2D eigenvalue weighted by Crippen LogP contribution is 2.39. The van der Waals surface area contributed by atoms with Crippen molar-refractivity contribution in [3.8, 4) is 0 Å². The first-order chi connectivity index (χ1) is 10.3. The largest absolute Gasteiger partial charge is 0.368 e. The fraction of sp³-hybridized carbons (Fsp3) is 0.250. The molecule has 0 atom stereocenters. The predicted molar refractivity (Wildman–Crippen MR) is 88.4 cm³/mol. The highest BCUT2D eigenvalue weighted by atomic mass is 32.1. The summed E-state index contributed by atoms with van der Waals surface area (Å²) in [6, 6.07) is 10.7. The van der Waals surface area contributed by atoms with Crippen molar-refractivity contribution in [3.05, 3.63) is 40.8 Å². The lowest BCUT2D eigenvalue weighted by Gasteiger charge is -2.19. The third kappa shape index (κ3) is 1.96. The van der Waals surface area contributed by atoms with Crippen molar-refractivity contribution in [3.63, 3.8) is 0 Å². The molecule has 0 saturated heterocycles. The maximum absolute atomic E-state index is 5.92. The van der Waals surface area contributed by atoms with E-state index in [9.17, 15) is 0 Å². The number of hydrogen-bond donors (Lipinski definition) is 1. The molecule has 0 fully saturated rings. The van der Waals surface area contributed by atoms with Gasteiger partial charge in [0.25, 0.3) is 0 Å². The maximum atomic E-state index is 5.92. The number of nitrogens with zero attached hydrogens (tertiary/aromatic N) is 3. The van der Waals surface area contributed by atoms with Crippen LogP contribution in [-0.4, -0.2) is 16.5 Å². The Hall–Kier alpha value is -2.14. The molecule has 1 aromatic carbocycles. The molecule has 2 N–H and O–H groups in total. The number of rotatable bonds is 2. The van der Waals surface area contributed by atoms with Gasteiger partial charge in [-0.25, -0.2) is 4.98 Å². The number of thiophene rings is 1. The zero-order chi connectivity index (χ0) is 14.4. The lowest BCUT2D eigenvalue weighted by Crippen LogP contribution is -2.16. The van der Waals surface area contributed by atoms with E-state index in [0.29, 0.717) is 5.95 Å². The molecule has 21 heavy (non-hydrogen) atoms. The summed E-state index contributed by atoms with van der Waals surface area (Å²) >= 11 is 1.71. The molecule has 0 amide bonds. The Kier molecular flexibility index (Phi) is 2.82. The number of nitrogens with two attached hydrogens (primary N) is 1. The number of benzene rings is 1. The lowest BCUT2D eigenvalue weighted by molar-refractivity contribution is 0.978. The molecule has 0 spiro atoms. The third-order valence-corrected chi connectivity index (χ3v) is 5.11. The van der Waals surface area contributed by atoms with Crippen LogP contribution in [0.25, 0.3) is 10.2 Å². The monoisotopic (exact) mass is 296 g/mol. The Morgan fingerprint density at radius 3 is 3.00 bits per heavy atom. The summed E-state index contributed by atoms with van der Waals surface area (Å²) in [6.07, 6.45) is 2.06. The average molecular weight is 296 g/mol. The summed E-state index contributed by atoms with van der Waals surface area (Å²) in [4.78, 5) is 13.5. The van der Waals surface area contributed by atoms with Gasteiger partial charge >= 0.3 is 0 Å². The van der Waals surface area contributed by atoms with Crippen LogP contribution in [0.3, 0.4) is 0 Å². The van der Waals surface area contributed by atoms with E-state index in [1.165, 1.54) is 16.1 Å². The topological polar surface area (TPSA) is 55.0 Å². The van der Waals surface area contributed by atoms with Gasteiger partial charge in [0.2, 0.25) is 5.95 Å². The Labute approximate surface area is 127 Å². The molecule has 0 saturated carbocycles. The zero-order valence-corrected chi connectivity index (χ0v) is 12.7. The van der Waals surface area contributed by atoms with Crippen LogP contribution in [0.5, 0.6) is 0 Å². The Bertz CT molecular complexity index is 824. The quantitative estimate of drug-likeness (QED) is 0.786. The van der Waals surface area contributed by atoms with Gasteiger partial charge in [-0.3, -0.25) is 0 Å². The summed E-state index contributed by atoms with van der Waals surface area (Å²) in [5.74, 6) is 1.30. The van der Waals surface area contributed by atoms with Crippen molar-refractivity contribution < 1.29 is 0 Å². The van der Waals surface area contributed by atoms with Gasteiger partial charge in [-0.2, -0.15) is 4.98 Å². The van der Waals surface area contributed by atoms with E-state index in [-0.39, 0.29) is 0 Å². The second-order valence-electron chi connectivity index (χ2n) is 5.22. The van der Waals surface area contributed by atoms with Crippen LogP contribution in [0.2, 0.25) is 0 Å². The van der Waals surface area contributed by atoms with Crippen LogP contribution in [0.1, 0.15) is 17.4 Å². The van der Waals surface area contributed by atoms with E-state index in [1.54, 1.807) is 11.3 Å². The van der Waals surface area contributed by atoms with Crippen molar-refractivity contribution in [2.45, 2.75) is 19.8 Å². The first-order valence-electron chi connectivity index (χ1n) is 7.17. The normalized spacial score (nSPS) is 13.9. The number of para-hydroxylation sites is 1. The number of aromatic nitrogens is 2. The van der Waals surface area contributed by atoms with Gasteiger partial charge in [-0.1, -0.05) is 25.1 Å². The molecule has 1 aliphatic heterocycles. The summed E-state index contributed by atoms with van der Waals surface area (Å²) in [5.41, 5.74) is 8.53. The highest BCUT2D eigenvalue weighted by molar-refractivity contribution is 7.18. The average Bonchev–Trinajstić information content (AvgIpc) is 3.09. The molecular formula is C16H16N4S. The first-order valence-corrected chi connectivity index (χ1v) is 7.99. The summed E-state index contributed by atoms with van der Waals surface area (Å²) < 4.78 is 0. The van der Waals surface area contributed by atoms with Crippen LogP contribution in [0.4, 0.5) is 17.5 Å². The van der Waals surface area contributed by atoms with Crippen molar-refractivity contribution in [1.29, 1.82) is 0 Å². The Morgan fingerprint density at radius 2 is 2.14 bits per heavy atom. The minimum absolute atomic E-state index is 0.353. The van der Waals surface area contributed by atoms with Crippen LogP contribution in [0.15, 0.2) is 30.3 Å². The van der Waals surface area contributed by atoms with Gasteiger partial charge in [-0.15, -0.1) is 11.3 Å². The molecule has 0 radical (unpaired) electrons. The predicted octanol–water partition coefficient (Wildman–Crippen LogP) is 3.53. The highest BCUT2D eigenvalue weighted by Gasteiger charge is 2.24. The van der Waals surface area contributed by atoms with E-state index >= 15 is 0 Å². The minimum Gasteiger partial charge on any atom is -0.368 e. The zero-order valence-electron chi connectivity index (χ0n) is 11.8. The molecule has 0 unspecified atom stereocenters. The van der Waals surface area contributed by atoms with Gasteiger partial charge in [0.05, 0.1) is 5.39 Å². The fourth-order valence-corrected chi connectivity index (χ4v) is 3.88. The molecule has 0 aliphatic carbocycles. The molecule has 3 aromatic rings. The molecule has 106 valence electrons. The van der Waals surface area contributed by atoms with Gasteiger partial charge in [0, 0.05) is 17.1 Å². The van der Waals surface area contributed by atoms with E-state index < -0.39 is 0 Å². The van der Waals surface area contributed by atoms with E-state index in [0.717, 1.165) is 35.4 Å². The number of nitrogen functional groups attached to an aromatic ring is 1. The lowest BCUT2D eigenvalue weighted by atomic mass is 10.2. The number of hydrogen-bond acceptors (Lipinski definition) is 5. The summed E-state index contributed by atoms with van der Waals surface area (Å²) in [7, 11) is 0. The van der Waals surface area contributed by atoms with Crippen molar-refractivity contribution in [1.82, 2.24) is 9.97 Å². The van der Waals surface area contributed by atoms with Gasteiger partial charge in [-0.05, 0) is 30.5 Å². The summed E-state index contributed by atoms with van der Waals surface area (Å²) in [5, 5.41) is 1.11. The fourth-order valence-electron chi connectivity index (χ4n) is 2.91. The van der Waals surface area contributed by atoms with E-state index in [4.69, 9.17) is 5.73 Å². The molecule has 4 nitrogen and oxygen atoms in total. The van der Waals surface area contributed by atoms with Gasteiger partial charge < -0.3 is 10.6 Å². The van der Waals surface area contributed by atoms with Crippen molar-refractivity contribution in [2.24, 2.45) is 0 Å².